The van der Waals surface area contributed by atoms with Crippen molar-refractivity contribution in [2.45, 2.75) is 26.8 Å². The minimum Gasteiger partial charge on any atom is -0.382 e. The number of aromatic nitrogens is 1. The highest BCUT2D eigenvalue weighted by Crippen LogP contribution is 2.26. The van der Waals surface area contributed by atoms with Crippen molar-refractivity contribution in [1.82, 2.24) is 9.69 Å². The van der Waals surface area contributed by atoms with Gasteiger partial charge in [0.2, 0.25) is 0 Å². The molecule has 0 spiro atoms. The van der Waals surface area contributed by atoms with Gasteiger partial charge in [-0.05, 0) is 32.3 Å². The summed E-state index contributed by atoms with van der Waals surface area (Å²) in [5, 5.41) is 6.59. The van der Waals surface area contributed by atoms with Crippen LogP contribution in [0.2, 0.25) is 0 Å². The molecule has 17 heavy (non-hydrogen) atoms. The van der Waals surface area contributed by atoms with Gasteiger partial charge in [0.05, 0.1) is 0 Å². The van der Waals surface area contributed by atoms with Gasteiger partial charge in [-0.2, -0.15) is 4.37 Å². The highest BCUT2D eigenvalue weighted by atomic mass is 32.1. The predicted octanol–water partition coefficient (Wildman–Crippen LogP) is 1.85. The third-order valence-electron chi connectivity index (χ3n) is 1.92. The van der Waals surface area contributed by atoms with Crippen molar-refractivity contribution in [3.63, 3.8) is 0 Å². The lowest BCUT2D eigenvalue weighted by Crippen LogP contribution is -2.30. The fraction of sp³-hybridized carbons (Fsp3) is 0.455. The van der Waals surface area contributed by atoms with E-state index in [0.29, 0.717) is 17.1 Å². The maximum atomic E-state index is 11.9. The molecule has 0 aliphatic heterocycles. The van der Waals surface area contributed by atoms with Crippen molar-refractivity contribution in [2.75, 3.05) is 17.6 Å². The molecule has 1 aromatic heterocycles. The summed E-state index contributed by atoms with van der Waals surface area (Å²) < 4.78 is 3.99. The third kappa shape index (κ3) is 3.74. The summed E-state index contributed by atoms with van der Waals surface area (Å²) in [6, 6.07) is 0.0655. The van der Waals surface area contributed by atoms with Crippen molar-refractivity contribution < 1.29 is 4.79 Å². The monoisotopic (exact) mass is 254 g/mol. The number of nitrogens with zero attached hydrogens (tertiary/aromatic N) is 1. The average molecular weight is 254 g/mol. The van der Waals surface area contributed by atoms with E-state index in [2.05, 4.69) is 21.6 Å². The molecular formula is C11H18N4OS. The van der Waals surface area contributed by atoms with Crippen molar-refractivity contribution in [2.24, 2.45) is 0 Å². The summed E-state index contributed by atoms with van der Waals surface area (Å²) in [4.78, 5) is 11.9. The zero-order valence-corrected chi connectivity index (χ0v) is 11.1. The number of hydrogen-bond acceptors (Lipinski definition) is 5. The van der Waals surface area contributed by atoms with Crippen molar-refractivity contribution >= 4 is 28.3 Å². The van der Waals surface area contributed by atoms with Crippen LogP contribution in [0.5, 0.6) is 0 Å². The minimum atomic E-state index is -0.199. The molecule has 0 saturated heterocycles. The van der Waals surface area contributed by atoms with Crippen LogP contribution in [0.1, 0.15) is 31.1 Å². The van der Waals surface area contributed by atoms with Gasteiger partial charge in [0.15, 0.2) is 5.82 Å². The van der Waals surface area contributed by atoms with Crippen LogP contribution in [-0.4, -0.2) is 22.9 Å². The lowest BCUT2D eigenvalue weighted by molar-refractivity contribution is 0.0945. The standard InChI is InChI=1S/C11H18N4OS/c1-6(2)5-13-11-8(9(12)15-17-11)10(16)14-7(3)4/h7,13H,1,5H2,2-4H3,(H2,12,15)(H,14,16). The quantitative estimate of drug-likeness (QED) is 0.701. The van der Waals surface area contributed by atoms with E-state index in [1.54, 1.807) is 0 Å². The van der Waals surface area contributed by atoms with E-state index in [1.807, 2.05) is 20.8 Å². The summed E-state index contributed by atoms with van der Waals surface area (Å²) in [7, 11) is 0. The summed E-state index contributed by atoms with van der Waals surface area (Å²) >= 11 is 1.19. The molecule has 0 unspecified atom stereocenters. The van der Waals surface area contributed by atoms with Crippen LogP contribution >= 0.6 is 11.5 Å². The Kier molecular flexibility index (Phi) is 4.51. The van der Waals surface area contributed by atoms with Crippen LogP contribution in [0, 0.1) is 0 Å². The van der Waals surface area contributed by atoms with Crippen molar-refractivity contribution in [3.05, 3.63) is 17.7 Å². The Hall–Kier alpha value is -1.56. The molecule has 1 rings (SSSR count). The van der Waals surface area contributed by atoms with Crippen LogP contribution in [0.15, 0.2) is 12.2 Å². The number of rotatable bonds is 5. The summed E-state index contributed by atoms with van der Waals surface area (Å²) in [5.41, 5.74) is 7.10. The van der Waals surface area contributed by atoms with E-state index in [9.17, 15) is 4.79 Å². The molecule has 1 aromatic rings. The number of amides is 1. The number of hydrogen-bond donors (Lipinski definition) is 3. The number of nitrogens with two attached hydrogens (primary N) is 1. The van der Waals surface area contributed by atoms with Crippen LogP contribution < -0.4 is 16.4 Å². The molecule has 0 atom stereocenters. The topological polar surface area (TPSA) is 80.0 Å². The first-order chi connectivity index (χ1) is 7.91. The lowest BCUT2D eigenvalue weighted by Gasteiger charge is -2.10. The first-order valence-electron chi connectivity index (χ1n) is 5.36. The second-order valence-electron chi connectivity index (χ2n) is 4.21. The van der Waals surface area contributed by atoms with E-state index >= 15 is 0 Å². The molecule has 0 aliphatic carbocycles. The normalized spacial score (nSPS) is 10.4. The second-order valence-corrected chi connectivity index (χ2v) is 4.98. The number of carbonyl (C=O) groups is 1. The number of carbonyl (C=O) groups excluding carboxylic acids is 1. The van der Waals surface area contributed by atoms with Crippen LogP contribution in [0.25, 0.3) is 0 Å². The van der Waals surface area contributed by atoms with Gasteiger partial charge in [-0.3, -0.25) is 4.79 Å². The first-order valence-corrected chi connectivity index (χ1v) is 6.13. The Balaban J connectivity index is 2.86. The Morgan fingerprint density at radius 1 is 1.59 bits per heavy atom. The Morgan fingerprint density at radius 3 is 2.76 bits per heavy atom. The SMILES string of the molecule is C=C(C)CNc1snc(N)c1C(=O)NC(C)C. The van der Waals surface area contributed by atoms with E-state index in [4.69, 9.17) is 5.73 Å². The summed E-state index contributed by atoms with van der Waals surface area (Å²) in [5.74, 6) is 0.0628. The van der Waals surface area contributed by atoms with Gasteiger partial charge in [-0.15, -0.1) is 0 Å². The Bertz CT molecular complexity index is 425. The average Bonchev–Trinajstić information content (AvgIpc) is 2.55. The number of nitrogen functional groups attached to an aromatic ring is 1. The van der Waals surface area contributed by atoms with Gasteiger partial charge in [0.25, 0.3) is 5.91 Å². The smallest absolute Gasteiger partial charge is 0.258 e. The number of nitrogens with one attached hydrogen (secondary N) is 2. The first kappa shape index (κ1) is 13.5. The highest BCUT2D eigenvalue weighted by molar-refractivity contribution is 7.11. The zero-order valence-electron chi connectivity index (χ0n) is 10.3. The molecule has 0 fully saturated rings. The summed E-state index contributed by atoms with van der Waals surface area (Å²) in [6.07, 6.45) is 0. The largest absolute Gasteiger partial charge is 0.382 e. The molecule has 5 nitrogen and oxygen atoms in total. The molecule has 94 valence electrons. The third-order valence-corrected chi connectivity index (χ3v) is 2.74. The maximum Gasteiger partial charge on any atom is 0.258 e. The molecule has 0 radical (unpaired) electrons. The van der Waals surface area contributed by atoms with E-state index in [1.165, 1.54) is 11.5 Å². The molecule has 4 N–H and O–H groups in total. The molecule has 1 heterocycles. The fourth-order valence-electron chi connectivity index (χ4n) is 1.21. The van der Waals surface area contributed by atoms with E-state index in [-0.39, 0.29) is 17.8 Å². The highest BCUT2D eigenvalue weighted by Gasteiger charge is 2.19. The lowest BCUT2D eigenvalue weighted by atomic mass is 10.2. The van der Waals surface area contributed by atoms with Crippen LogP contribution in [-0.2, 0) is 0 Å². The molecular weight excluding hydrogens is 236 g/mol. The van der Waals surface area contributed by atoms with E-state index in [0.717, 1.165) is 5.57 Å². The van der Waals surface area contributed by atoms with Gasteiger partial charge in [-0.25, -0.2) is 0 Å². The zero-order chi connectivity index (χ0) is 13.0. The molecule has 0 bridgehead atoms. The van der Waals surface area contributed by atoms with Gasteiger partial charge in [0, 0.05) is 12.6 Å². The van der Waals surface area contributed by atoms with Crippen molar-refractivity contribution in [1.29, 1.82) is 0 Å². The van der Waals surface area contributed by atoms with Crippen molar-refractivity contribution in [3.8, 4) is 0 Å². The molecule has 0 saturated carbocycles. The van der Waals surface area contributed by atoms with Gasteiger partial charge in [-0.1, -0.05) is 12.2 Å². The van der Waals surface area contributed by atoms with Gasteiger partial charge >= 0.3 is 0 Å². The fourth-order valence-corrected chi connectivity index (χ4v) is 1.91. The second kappa shape index (κ2) is 5.67. The molecule has 6 heteroatoms. The molecule has 0 aromatic carbocycles. The number of anilines is 2. The maximum absolute atomic E-state index is 11.9. The van der Waals surface area contributed by atoms with Crippen LogP contribution in [0.3, 0.4) is 0 Å². The minimum absolute atomic E-state index is 0.0655. The predicted molar refractivity (Wildman–Crippen MR) is 72.4 cm³/mol. The van der Waals surface area contributed by atoms with Crippen LogP contribution in [0.4, 0.5) is 10.8 Å². The van der Waals surface area contributed by atoms with Gasteiger partial charge < -0.3 is 16.4 Å². The molecule has 0 aliphatic rings. The Morgan fingerprint density at radius 2 is 2.24 bits per heavy atom. The Labute approximate surface area is 105 Å². The van der Waals surface area contributed by atoms with Gasteiger partial charge in [0.1, 0.15) is 10.6 Å². The summed E-state index contributed by atoms with van der Waals surface area (Å²) in [6.45, 7) is 10.1. The molecule has 1 amide bonds. The van der Waals surface area contributed by atoms with E-state index < -0.39 is 0 Å².